The molecule has 2 heterocycles. The van der Waals surface area contributed by atoms with E-state index < -0.39 is 5.54 Å². The zero-order valence-corrected chi connectivity index (χ0v) is 14.3. The average Bonchev–Trinajstić information content (AvgIpc) is 2.60. The van der Waals surface area contributed by atoms with Crippen molar-refractivity contribution >= 4 is 17.8 Å². The molecule has 0 atom stereocenters. The maximum atomic E-state index is 12.7. The number of carbonyl (C=O) groups is 1. The van der Waals surface area contributed by atoms with Crippen molar-refractivity contribution in [1.29, 1.82) is 0 Å². The van der Waals surface area contributed by atoms with Gasteiger partial charge in [-0.05, 0) is 44.9 Å². The van der Waals surface area contributed by atoms with Gasteiger partial charge in [0.2, 0.25) is 0 Å². The molecule has 126 valence electrons. The minimum atomic E-state index is -0.572. The highest BCUT2D eigenvalue weighted by molar-refractivity contribution is 5.90. The number of hydrogen-bond donors (Lipinski definition) is 2. The number of amides is 1. The van der Waals surface area contributed by atoms with E-state index in [0.29, 0.717) is 5.82 Å². The van der Waals surface area contributed by atoms with Crippen molar-refractivity contribution in [3.63, 3.8) is 0 Å². The lowest BCUT2D eigenvalue weighted by Gasteiger charge is -2.44. The number of allylic oxidation sites excluding steroid dienone is 1. The number of carbonyl (C=O) groups excluding carboxylic acids is 1. The normalized spacial score (nSPS) is 20.2. The number of nitrogens with zero attached hydrogens (tertiary/aromatic N) is 2. The summed E-state index contributed by atoms with van der Waals surface area (Å²) in [6.07, 6.45) is 4.87. The Morgan fingerprint density at radius 1 is 1.25 bits per heavy atom. The maximum absolute atomic E-state index is 12.7. The van der Waals surface area contributed by atoms with Gasteiger partial charge in [-0.1, -0.05) is 24.3 Å². The Labute approximate surface area is 143 Å². The summed E-state index contributed by atoms with van der Waals surface area (Å²) in [6.45, 7) is 9.41. The lowest BCUT2D eigenvalue weighted by molar-refractivity contribution is -0.128. The van der Waals surface area contributed by atoms with E-state index in [2.05, 4.69) is 58.3 Å². The first kappa shape index (κ1) is 16.3. The van der Waals surface area contributed by atoms with Crippen molar-refractivity contribution in [3.05, 3.63) is 54.0 Å². The van der Waals surface area contributed by atoms with E-state index in [1.165, 1.54) is 11.3 Å². The second-order valence-corrected chi connectivity index (χ2v) is 6.34. The van der Waals surface area contributed by atoms with Gasteiger partial charge in [-0.2, -0.15) is 0 Å². The van der Waals surface area contributed by atoms with E-state index in [1.54, 1.807) is 12.3 Å². The number of anilines is 1. The molecule has 1 fully saturated rings. The van der Waals surface area contributed by atoms with Crippen LogP contribution >= 0.6 is 0 Å². The van der Waals surface area contributed by atoms with Gasteiger partial charge in [0.15, 0.2) is 5.82 Å². The fourth-order valence-electron chi connectivity index (χ4n) is 3.30. The molecule has 0 saturated carbocycles. The van der Waals surface area contributed by atoms with Gasteiger partial charge in [-0.25, -0.2) is 4.99 Å². The fraction of sp³-hybridized carbons (Fsp3) is 0.368. The third kappa shape index (κ3) is 2.94. The van der Waals surface area contributed by atoms with Crippen LogP contribution < -0.4 is 15.5 Å². The third-order valence-electron chi connectivity index (χ3n) is 4.77. The number of rotatable bonds is 3. The second kappa shape index (κ2) is 6.51. The molecule has 0 aromatic heterocycles. The number of aryl methyl sites for hydroxylation is 1. The molecule has 1 saturated heterocycles. The Morgan fingerprint density at radius 3 is 2.50 bits per heavy atom. The lowest BCUT2D eigenvalue weighted by atomic mass is 9.84. The highest BCUT2D eigenvalue weighted by atomic mass is 16.2. The Morgan fingerprint density at radius 2 is 1.92 bits per heavy atom. The van der Waals surface area contributed by atoms with Crippen LogP contribution in [0, 0.1) is 6.92 Å². The van der Waals surface area contributed by atoms with Gasteiger partial charge in [0.1, 0.15) is 5.54 Å². The zero-order chi connectivity index (χ0) is 17.2. The van der Waals surface area contributed by atoms with Gasteiger partial charge >= 0.3 is 0 Å². The SMILES string of the molecule is C=CC1=C(/N=C\C)NC(=O)C2(CCN(c3ccc(C)cc3)CC2)N1. The predicted molar refractivity (Wildman–Crippen MR) is 98.0 cm³/mol. The molecule has 0 aliphatic carbocycles. The van der Waals surface area contributed by atoms with Gasteiger partial charge in [-0.3, -0.25) is 4.79 Å². The largest absolute Gasteiger partial charge is 0.371 e. The fourth-order valence-corrected chi connectivity index (χ4v) is 3.30. The van der Waals surface area contributed by atoms with Crippen molar-refractivity contribution in [2.45, 2.75) is 32.2 Å². The van der Waals surface area contributed by atoms with E-state index in [-0.39, 0.29) is 5.91 Å². The number of aliphatic imine (C=N–C) groups is 1. The van der Waals surface area contributed by atoms with E-state index in [0.717, 1.165) is 31.6 Å². The first-order valence-corrected chi connectivity index (χ1v) is 8.34. The van der Waals surface area contributed by atoms with Crippen LogP contribution in [0.5, 0.6) is 0 Å². The number of benzene rings is 1. The summed E-state index contributed by atoms with van der Waals surface area (Å²) in [4.78, 5) is 19.2. The first-order valence-electron chi connectivity index (χ1n) is 8.34. The van der Waals surface area contributed by atoms with E-state index >= 15 is 0 Å². The lowest BCUT2D eigenvalue weighted by Crippen LogP contribution is -2.64. The van der Waals surface area contributed by atoms with Crippen molar-refractivity contribution in [2.24, 2.45) is 4.99 Å². The van der Waals surface area contributed by atoms with Crippen LogP contribution in [0.3, 0.4) is 0 Å². The van der Waals surface area contributed by atoms with Crippen molar-refractivity contribution in [3.8, 4) is 0 Å². The van der Waals surface area contributed by atoms with Crippen LogP contribution in [0.2, 0.25) is 0 Å². The molecule has 2 N–H and O–H groups in total. The highest BCUT2D eigenvalue weighted by Gasteiger charge is 2.44. The summed E-state index contributed by atoms with van der Waals surface area (Å²) >= 11 is 0. The van der Waals surface area contributed by atoms with Gasteiger partial charge in [0.05, 0.1) is 5.70 Å². The molecule has 0 unspecified atom stereocenters. The average molecular weight is 324 g/mol. The molecular weight excluding hydrogens is 300 g/mol. The van der Waals surface area contributed by atoms with Crippen LogP contribution in [-0.2, 0) is 4.79 Å². The smallest absolute Gasteiger partial charge is 0.251 e. The summed E-state index contributed by atoms with van der Waals surface area (Å²) in [7, 11) is 0. The summed E-state index contributed by atoms with van der Waals surface area (Å²) in [5, 5.41) is 6.32. The molecule has 1 aromatic carbocycles. The Bertz CT molecular complexity index is 695. The zero-order valence-electron chi connectivity index (χ0n) is 14.3. The van der Waals surface area contributed by atoms with Crippen LogP contribution in [-0.4, -0.2) is 30.8 Å². The van der Waals surface area contributed by atoms with Crippen molar-refractivity contribution in [1.82, 2.24) is 10.6 Å². The molecule has 1 aromatic rings. The number of nitrogens with one attached hydrogen (secondary N) is 2. The molecule has 2 aliphatic rings. The van der Waals surface area contributed by atoms with Crippen LogP contribution in [0.4, 0.5) is 5.69 Å². The third-order valence-corrected chi connectivity index (χ3v) is 4.77. The Balaban J connectivity index is 1.76. The van der Waals surface area contributed by atoms with Crippen LogP contribution in [0.1, 0.15) is 25.3 Å². The molecule has 24 heavy (non-hydrogen) atoms. The van der Waals surface area contributed by atoms with E-state index in [1.807, 2.05) is 6.92 Å². The molecule has 3 rings (SSSR count). The van der Waals surface area contributed by atoms with E-state index in [9.17, 15) is 4.79 Å². The number of piperidine rings is 1. The van der Waals surface area contributed by atoms with Crippen LogP contribution in [0.25, 0.3) is 0 Å². The minimum absolute atomic E-state index is 0.00254. The predicted octanol–water partition coefficient (Wildman–Crippen LogP) is 2.50. The molecule has 1 amide bonds. The molecule has 0 bridgehead atoms. The highest BCUT2D eigenvalue weighted by Crippen LogP contribution is 2.30. The van der Waals surface area contributed by atoms with Crippen molar-refractivity contribution in [2.75, 3.05) is 18.0 Å². The summed E-state index contributed by atoms with van der Waals surface area (Å²) in [5.74, 6) is 0.543. The van der Waals surface area contributed by atoms with Crippen LogP contribution in [0.15, 0.2) is 53.4 Å². The molecule has 1 spiro atoms. The summed E-state index contributed by atoms with van der Waals surface area (Å²) < 4.78 is 0. The molecule has 5 heteroatoms. The molecule has 5 nitrogen and oxygen atoms in total. The summed E-state index contributed by atoms with van der Waals surface area (Å²) in [6, 6.07) is 8.54. The maximum Gasteiger partial charge on any atom is 0.251 e. The Hall–Kier alpha value is -2.56. The number of hydrogen-bond acceptors (Lipinski definition) is 4. The van der Waals surface area contributed by atoms with Gasteiger partial charge in [0, 0.05) is 25.0 Å². The van der Waals surface area contributed by atoms with Crippen molar-refractivity contribution < 1.29 is 4.79 Å². The van der Waals surface area contributed by atoms with E-state index in [4.69, 9.17) is 0 Å². The van der Waals surface area contributed by atoms with Gasteiger partial charge in [0.25, 0.3) is 5.91 Å². The minimum Gasteiger partial charge on any atom is -0.371 e. The standard InChI is InChI=1S/C19H24N4O/c1-4-16-17(20-5-2)21-18(24)19(22-16)10-12-23(13-11-19)15-8-6-14(3)7-9-15/h4-9,22H,1,10-13H2,2-3H3,(H,21,24)/b20-5-. The Kier molecular flexibility index (Phi) is 4.42. The second-order valence-electron chi connectivity index (χ2n) is 6.34. The van der Waals surface area contributed by atoms with Gasteiger partial charge < -0.3 is 15.5 Å². The molecule has 2 aliphatic heterocycles. The monoisotopic (exact) mass is 324 g/mol. The molecule has 0 radical (unpaired) electrons. The molecular formula is C19H24N4O. The topological polar surface area (TPSA) is 56.7 Å². The quantitative estimate of drug-likeness (QED) is 0.840. The van der Waals surface area contributed by atoms with Gasteiger partial charge in [-0.15, -0.1) is 0 Å². The summed E-state index contributed by atoms with van der Waals surface area (Å²) in [5.41, 5.74) is 2.68. The first-order chi connectivity index (χ1) is 11.6.